The number of amides is 3. The number of hydrogen-bond acceptors (Lipinski definition) is 5. The highest BCUT2D eigenvalue weighted by molar-refractivity contribution is 7.84. The Labute approximate surface area is 288 Å². The van der Waals surface area contributed by atoms with Crippen LogP contribution in [0.2, 0.25) is 5.02 Å². The molecule has 2 aliphatic rings. The van der Waals surface area contributed by atoms with Gasteiger partial charge in [0.2, 0.25) is 5.91 Å². The molecule has 3 N–H and O–H groups in total. The third-order valence-corrected chi connectivity index (χ3v) is 10.8. The molecule has 3 aromatic rings. The van der Waals surface area contributed by atoms with Gasteiger partial charge in [-0.15, -0.1) is 0 Å². The van der Waals surface area contributed by atoms with Gasteiger partial charge in [0.05, 0.1) is 44.7 Å². The van der Waals surface area contributed by atoms with Crippen molar-refractivity contribution < 1.29 is 22.9 Å². The van der Waals surface area contributed by atoms with Crippen LogP contribution in [0.1, 0.15) is 69.6 Å². The zero-order valence-corrected chi connectivity index (χ0v) is 29.1. The van der Waals surface area contributed by atoms with E-state index in [1.54, 1.807) is 54.6 Å². The van der Waals surface area contributed by atoms with Gasteiger partial charge in [-0.1, -0.05) is 42.6 Å². The Balaban J connectivity index is 1.49. The van der Waals surface area contributed by atoms with Gasteiger partial charge in [-0.25, -0.2) is 18.1 Å². The average molecular weight is 694 g/mol. The van der Waals surface area contributed by atoms with E-state index in [1.165, 1.54) is 18.1 Å². The Morgan fingerprint density at radius 3 is 2.42 bits per heavy atom. The number of carbonyl (C=O) groups excluding carboxylic acids is 2. The highest BCUT2D eigenvalue weighted by atomic mass is 35.5. The Morgan fingerprint density at radius 2 is 1.77 bits per heavy atom. The molecule has 1 aliphatic heterocycles. The van der Waals surface area contributed by atoms with Gasteiger partial charge in [-0.05, 0) is 99.2 Å². The molecule has 254 valence electrons. The molecule has 1 unspecified atom stereocenters. The van der Waals surface area contributed by atoms with Crippen LogP contribution in [-0.4, -0.2) is 51.6 Å². The summed E-state index contributed by atoms with van der Waals surface area (Å²) >= 11 is 5.98. The van der Waals surface area contributed by atoms with Crippen LogP contribution in [0.5, 0.6) is 0 Å². The van der Waals surface area contributed by atoms with Crippen LogP contribution in [0.15, 0.2) is 66.7 Å². The van der Waals surface area contributed by atoms with Crippen molar-refractivity contribution >= 4 is 45.9 Å². The lowest BCUT2D eigenvalue weighted by atomic mass is 9.79. The molecule has 3 aromatic carbocycles. The van der Waals surface area contributed by atoms with E-state index < -0.39 is 51.2 Å². The maximum Gasteiger partial charge on any atom is 0.322 e. The van der Waals surface area contributed by atoms with Crippen molar-refractivity contribution in [2.24, 2.45) is 5.92 Å². The predicted octanol–water partition coefficient (Wildman–Crippen LogP) is 7.10. The van der Waals surface area contributed by atoms with E-state index in [4.69, 9.17) is 16.3 Å². The highest BCUT2D eigenvalue weighted by Crippen LogP contribution is 2.43. The zero-order chi connectivity index (χ0) is 34.6. The SMILES string of the molecule is CO[C@H]1C[C@@H](C(=O)Nc2cc(C(CCC3CC3)(N[S@@](=O)C(C)(C)C)c3cccc(C#N)c3)ccc2F)N(C(=O)Nc2ccc(Cl)cc2)C1. The van der Waals surface area contributed by atoms with Crippen LogP contribution in [0.25, 0.3) is 0 Å². The van der Waals surface area contributed by atoms with E-state index >= 15 is 4.39 Å². The molecule has 2 fully saturated rings. The second kappa shape index (κ2) is 14.7. The van der Waals surface area contributed by atoms with Gasteiger partial charge in [0.15, 0.2) is 0 Å². The van der Waals surface area contributed by atoms with Crippen LogP contribution in [0, 0.1) is 23.1 Å². The summed E-state index contributed by atoms with van der Waals surface area (Å²) in [4.78, 5) is 28.5. The summed E-state index contributed by atoms with van der Waals surface area (Å²) in [5.74, 6) is -0.711. The number of anilines is 2. The van der Waals surface area contributed by atoms with Crippen molar-refractivity contribution in [3.63, 3.8) is 0 Å². The number of halogens is 2. The second-order valence-electron chi connectivity index (χ2n) is 13.4. The molecule has 1 aliphatic carbocycles. The fourth-order valence-corrected chi connectivity index (χ4v) is 6.98. The first-order chi connectivity index (χ1) is 22.8. The Kier molecular flexibility index (Phi) is 10.9. The van der Waals surface area contributed by atoms with Gasteiger partial charge in [-0.2, -0.15) is 5.26 Å². The van der Waals surface area contributed by atoms with Crippen LogP contribution in [0.4, 0.5) is 20.6 Å². The molecule has 0 aromatic heterocycles. The smallest absolute Gasteiger partial charge is 0.322 e. The van der Waals surface area contributed by atoms with E-state index in [2.05, 4.69) is 21.4 Å². The number of hydrogen-bond donors (Lipinski definition) is 3. The van der Waals surface area contributed by atoms with E-state index in [-0.39, 0.29) is 18.7 Å². The van der Waals surface area contributed by atoms with Gasteiger partial charge >= 0.3 is 6.03 Å². The number of carbonyl (C=O) groups is 2. The zero-order valence-electron chi connectivity index (χ0n) is 27.5. The van der Waals surface area contributed by atoms with Crippen molar-refractivity contribution in [2.45, 2.75) is 75.3 Å². The van der Waals surface area contributed by atoms with Crippen LogP contribution in [0.3, 0.4) is 0 Å². The first-order valence-corrected chi connectivity index (χ1v) is 17.5. The fraction of sp³-hybridized carbons (Fsp3) is 0.417. The predicted molar refractivity (Wildman–Crippen MR) is 186 cm³/mol. The number of benzene rings is 3. The topological polar surface area (TPSA) is 124 Å². The van der Waals surface area contributed by atoms with Crippen molar-refractivity contribution in [3.8, 4) is 6.07 Å². The van der Waals surface area contributed by atoms with Gasteiger partial charge < -0.3 is 20.3 Å². The Hall–Kier alpha value is -3.82. The van der Waals surface area contributed by atoms with E-state index in [1.807, 2.05) is 26.8 Å². The summed E-state index contributed by atoms with van der Waals surface area (Å²) in [7, 11) is -0.0408. The summed E-state index contributed by atoms with van der Waals surface area (Å²) in [6, 6.07) is 19.0. The molecule has 9 nitrogen and oxygen atoms in total. The molecule has 48 heavy (non-hydrogen) atoms. The number of nitriles is 1. The number of ether oxygens (including phenoxy) is 1. The summed E-state index contributed by atoms with van der Waals surface area (Å²) in [6.45, 7) is 5.77. The van der Waals surface area contributed by atoms with Crippen LogP contribution >= 0.6 is 11.6 Å². The lowest BCUT2D eigenvalue weighted by molar-refractivity contribution is -0.119. The number of nitrogens with one attached hydrogen (secondary N) is 3. The quantitative estimate of drug-likeness (QED) is 0.198. The van der Waals surface area contributed by atoms with Gasteiger partial charge in [0.25, 0.3) is 0 Å². The molecule has 1 heterocycles. The third kappa shape index (κ3) is 8.24. The maximum absolute atomic E-state index is 15.6. The van der Waals surface area contributed by atoms with Crippen molar-refractivity contribution in [1.82, 2.24) is 9.62 Å². The number of likely N-dealkylation sites (tertiary alicyclic amines) is 1. The van der Waals surface area contributed by atoms with Gasteiger partial charge in [0.1, 0.15) is 11.9 Å². The molecular weight excluding hydrogens is 653 g/mol. The molecular formula is C36H41ClFN5O4S. The average Bonchev–Trinajstić information content (AvgIpc) is 3.79. The minimum Gasteiger partial charge on any atom is -0.380 e. The fourth-order valence-electron chi connectivity index (χ4n) is 5.89. The van der Waals surface area contributed by atoms with Crippen LogP contribution < -0.4 is 15.4 Å². The number of methoxy groups -OCH3 is 1. The van der Waals surface area contributed by atoms with Crippen molar-refractivity contribution in [2.75, 3.05) is 24.3 Å². The van der Waals surface area contributed by atoms with E-state index in [9.17, 15) is 19.1 Å². The number of nitrogens with zero attached hydrogens (tertiary/aromatic N) is 2. The molecule has 0 bridgehead atoms. The lowest BCUT2D eigenvalue weighted by Gasteiger charge is -2.38. The molecule has 3 amide bonds. The molecule has 0 spiro atoms. The number of rotatable bonds is 11. The molecule has 0 radical (unpaired) electrons. The maximum atomic E-state index is 15.6. The normalized spacial score (nSPS) is 19.6. The molecule has 5 rings (SSSR count). The van der Waals surface area contributed by atoms with Crippen LogP contribution in [-0.2, 0) is 26.1 Å². The monoisotopic (exact) mass is 693 g/mol. The van der Waals surface area contributed by atoms with E-state index in [0.717, 1.165) is 19.3 Å². The number of urea groups is 1. The van der Waals surface area contributed by atoms with E-state index in [0.29, 0.717) is 39.7 Å². The van der Waals surface area contributed by atoms with Gasteiger partial charge in [-0.3, -0.25) is 4.79 Å². The highest BCUT2D eigenvalue weighted by Gasteiger charge is 2.42. The minimum absolute atomic E-state index is 0.0769. The van der Waals surface area contributed by atoms with Crippen molar-refractivity contribution in [1.29, 1.82) is 5.26 Å². The molecule has 12 heteroatoms. The Bertz CT molecular complexity index is 1720. The van der Waals surface area contributed by atoms with Gasteiger partial charge in [0, 0.05) is 30.8 Å². The summed E-state index contributed by atoms with van der Waals surface area (Å²) in [5.41, 5.74) is 1.10. The largest absolute Gasteiger partial charge is 0.380 e. The molecule has 1 saturated carbocycles. The first-order valence-electron chi connectivity index (χ1n) is 16.0. The molecule has 1 saturated heterocycles. The standard InChI is InChI=1S/C36H41ClFN5O4S/c1-35(2,3)48(46)42-36(17-16-23-8-9-23,25-7-5-6-24(18-25)21-39)26-10-15-30(38)31(19-26)41-33(44)32-20-29(47-4)22-43(32)34(45)40-28-13-11-27(37)12-14-28/h5-7,10-15,18-19,23,29,32,42H,8-9,16-17,20,22H2,1-4H3,(H,40,45)(H,41,44)/t29-,32-,36?,48-/m0/s1. The summed E-state index contributed by atoms with van der Waals surface area (Å²) < 4.78 is 37.6. The third-order valence-electron chi connectivity index (χ3n) is 8.90. The second-order valence-corrected chi connectivity index (χ2v) is 15.8. The first kappa shape index (κ1) is 35.5. The molecule has 4 atom stereocenters. The van der Waals surface area contributed by atoms with Crippen molar-refractivity contribution in [3.05, 3.63) is 94.3 Å². The summed E-state index contributed by atoms with van der Waals surface area (Å²) in [5, 5.41) is 15.8. The Morgan fingerprint density at radius 1 is 1.06 bits per heavy atom. The summed E-state index contributed by atoms with van der Waals surface area (Å²) in [6.07, 6.45) is 3.38. The lowest BCUT2D eigenvalue weighted by Crippen LogP contribution is -2.49. The minimum atomic E-state index is -1.56.